The van der Waals surface area contributed by atoms with Crippen molar-refractivity contribution in [2.24, 2.45) is 0 Å². The van der Waals surface area contributed by atoms with Crippen LogP contribution in [0.2, 0.25) is 0 Å². The molecule has 1 saturated carbocycles. The van der Waals surface area contributed by atoms with Crippen molar-refractivity contribution in [2.45, 2.75) is 56.1 Å². The van der Waals surface area contributed by atoms with Gasteiger partial charge in [0.25, 0.3) is 0 Å². The SMILES string of the molecule is N#CCCN(C(=O)CSc1nnc(Cc2cccs2)n1C1CCCCC1)c1ccccc1. The Hall–Kier alpha value is -2.63. The molecule has 0 N–H and O–H groups in total. The molecule has 4 rings (SSSR count). The summed E-state index contributed by atoms with van der Waals surface area (Å²) in [5, 5.41) is 21.0. The van der Waals surface area contributed by atoms with Crippen LogP contribution in [0.5, 0.6) is 0 Å². The molecule has 1 fully saturated rings. The number of nitrogens with zero attached hydrogens (tertiary/aromatic N) is 5. The van der Waals surface area contributed by atoms with E-state index in [1.165, 1.54) is 35.9 Å². The second kappa shape index (κ2) is 11.3. The molecule has 0 unspecified atom stereocenters. The Bertz CT molecular complexity index is 1040. The van der Waals surface area contributed by atoms with Gasteiger partial charge in [-0.25, -0.2) is 0 Å². The first-order valence-electron chi connectivity index (χ1n) is 11.1. The zero-order valence-corrected chi connectivity index (χ0v) is 19.7. The molecule has 2 heterocycles. The molecule has 3 aromatic rings. The average molecular weight is 466 g/mol. The number of thioether (sulfide) groups is 1. The first-order valence-corrected chi connectivity index (χ1v) is 12.9. The van der Waals surface area contributed by atoms with Crippen LogP contribution in [0.1, 0.15) is 55.3 Å². The molecular weight excluding hydrogens is 438 g/mol. The summed E-state index contributed by atoms with van der Waals surface area (Å²) in [4.78, 5) is 16.1. The summed E-state index contributed by atoms with van der Waals surface area (Å²) >= 11 is 3.19. The van der Waals surface area contributed by atoms with Crippen LogP contribution in [0, 0.1) is 11.3 Å². The van der Waals surface area contributed by atoms with Gasteiger partial charge in [0.1, 0.15) is 5.82 Å². The second-order valence-electron chi connectivity index (χ2n) is 7.89. The lowest BCUT2D eigenvalue weighted by molar-refractivity contribution is -0.116. The number of carbonyl (C=O) groups excluding carboxylic acids is 1. The number of aromatic nitrogens is 3. The lowest BCUT2D eigenvalue weighted by Gasteiger charge is -2.26. The van der Waals surface area contributed by atoms with Gasteiger partial charge < -0.3 is 9.47 Å². The van der Waals surface area contributed by atoms with Crippen LogP contribution in [0.4, 0.5) is 5.69 Å². The first-order chi connectivity index (χ1) is 15.8. The molecule has 2 aromatic heterocycles. The molecule has 1 amide bonds. The number of rotatable bonds is 9. The van der Waals surface area contributed by atoms with Crippen molar-refractivity contribution in [2.75, 3.05) is 17.2 Å². The third-order valence-electron chi connectivity index (χ3n) is 5.73. The molecule has 166 valence electrons. The summed E-state index contributed by atoms with van der Waals surface area (Å²) in [6.45, 7) is 0.388. The van der Waals surface area contributed by atoms with Gasteiger partial charge in [-0.05, 0) is 36.4 Å². The molecule has 0 atom stereocenters. The van der Waals surface area contributed by atoms with Crippen LogP contribution < -0.4 is 4.90 Å². The number of benzene rings is 1. The number of anilines is 1. The fraction of sp³-hybridized carbons (Fsp3) is 0.417. The molecule has 0 aliphatic heterocycles. The van der Waals surface area contributed by atoms with Gasteiger partial charge in [-0.1, -0.05) is 55.3 Å². The zero-order valence-electron chi connectivity index (χ0n) is 18.0. The topological polar surface area (TPSA) is 74.8 Å². The van der Waals surface area contributed by atoms with Gasteiger partial charge in [0.05, 0.1) is 18.2 Å². The van der Waals surface area contributed by atoms with E-state index in [0.717, 1.165) is 35.9 Å². The fourth-order valence-corrected chi connectivity index (χ4v) is 5.78. The number of hydrogen-bond donors (Lipinski definition) is 0. The van der Waals surface area contributed by atoms with Crippen molar-refractivity contribution in [1.29, 1.82) is 5.26 Å². The molecular formula is C24H27N5OS2. The van der Waals surface area contributed by atoms with Gasteiger partial charge >= 0.3 is 0 Å². The highest BCUT2D eigenvalue weighted by atomic mass is 32.2. The van der Waals surface area contributed by atoms with Crippen molar-refractivity contribution in [3.05, 3.63) is 58.5 Å². The van der Waals surface area contributed by atoms with Crippen molar-refractivity contribution in [3.8, 4) is 6.07 Å². The van der Waals surface area contributed by atoms with E-state index >= 15 is 0 Å². The molecule has 1 aliphatic rings. The van der Waals surface area contributed by atoms with Crippen LogP contribution in [-0.4, -0.2) is 33.0 Å². The number of amides is 1. The van der Waals surface area contributed by atoms with Crippen LogP contribution in [0.25, 0.3) is 0 Å². The molecule has 1 aliphatic carbocycles. The largest absolute Gasteiger partial charge is 0.311 e. The number of para-hydroxylation sites is 1. The highest BCUT2D eigenvalue weighted by molar-refractivity contribution is 7.99. The molecule has 32 heavy (non-hydrogen) atoms. The first kappa shape index (κ1) is 22.6. The maximum absolute atomic E-state index is 13.1. The van der Waals surface area contributed by atoms with E-state index in [1.807, 2.05) is 30.3 Å². The van der Waals surface area contributed by atoms with Crippen molar-refractivity contribution < 1.29 is 4.79 Å². The van der Waals surface area contributed by atoms with E-state index in [1.54, 1.807) is 16.2 Å². The van der Waals surface area contributed by atoms with Crippen molar-refractivity contribution in [1.82, 2.24) is 14.8 Å². The van der Waals surface area contributed by atoms with E-state index in [9.17, 15) is 4.79 Å². The highest BCUT2D eigenvalue weighted by Crippen LogP contribution is 2.33. The highest BCUT2D eigenvalue weighted by Gasteiger charge is 2.24. The minimum Gasteiger partial charge on any atom is -0.311 e. The summed E-state index contributed by atoms with van der Waals surface area (Å²) in [6.07, 6.45) is 7.07. The van der Waals surface area contributed by atoms with Crippen molar-refractivity contribution in [3.63, 3.8) is 0 Å². The standard InChI is InChI=1S/C24H27N5OS2/c25-14-8-15-28(19-9-3-1-4-10-19)23(30)18-32-24-27-26-22(17-21-13-7-16-31-21)29(24)20-11-5-2-6-12-20/h1,3-4,7,9-10,13,16,20H,2,5-6,8,11-12,15,17-18H2. The summed E-state index contributed by atoms with van der Waals surface area (Å²) < 4.78 is 2.29. The third kappa shape index (κ3) is 5.59. The predicted molar refractivity (Wildman–Crippen MR) is 129 cm³/mol. The Labute approximate surface area is 197 Å². The molecule has 0 saturated heterocycles. The summed E-state index contributed by atoms with van der Waals surface area (Å²) in [5.74, 6) is 1.23. The Morgan fingerprint density at radius 2 is 1.97 bits per heavy atom. The van der Waals surface area contributed by atoms with Gasteiger partial charge in [-0.3, -0.25) is 4.79 Å². The Morgan fingerprint density at radius 3 is 2.69 bits per heavy atom. The van der Waals surface area contributed by atoms with E-state index in [4.69, 9.17) is 5.26 Å². The Balaban J connectivity index is 1.51. The average Bonchev–Trinajstić information content (AvgIpc) is 3.49. The maximum Gasteiger partial charge on any atom is 0.237 e. The molecule has 8 heteroatoms. The molecule has 0 bridgehead atoms. The van der Waals surface area contributed by atoms with Crippen LogP contribution in [-0.2, 0) is 11.2 Å². The van der Waals surface area contributed by atoms with Crippen LogP contribution in [0.3, 0.4) is 0 Å². The number of hydrogen-bond acceptors (Lipinski definition) is 6. The lowest BCUT2D eigenvalue weighted by Crippen LogP contribution is -2.33. The van der Waals surface area contributed by atoms with E-state index in [0.29, 0.717) is 19.0 Å². The Morgan fingerprint density at radius 1 is 1.16 bits per heavy atom. The van der Waals surface area contributed by atoms with Gasteiger partial charge in [-0.15, -0.1) is 21.5 Å². The minimum absolute atomic E-state index is 0.0190. The third-order valence-corrected chi connectivity index (χ3v) is 7.53. The molecule has 0 radical (unpaired) electrons. The maximum atomic E-state index is 13.1. The zero-order chi connectivity index (χ0) is 22.2. The van der Waals surface area contributed by atoms with Crippen molar-refractivity contribution >= 4 is 34.7 Å². The summed E-state index contributed by atoms with van der Waals surface area (Å²) in [5.41, 5.74) is 0.820. The van der Waals surface area contributed by atoms with E-state index < -0.39 is 0 Å². The number of thiophene rings is 1. The normalized spacial score (nSPS) is 14.2. The molecule has 0 spiro atoms. The second-order valence-corrected chi connectivity index (χ2v) is 9.87. The quantitative estimate of drug-likeness (QED) is 0.392. The number of carbonyl (C=O) groups is 1. The van der Waals surface area contributed by atoms with Gasteiger partial charge in [0, 0.05) is 29.6 Å². The van der Waals surface area contributed by atoms with E-state index in [2.05, 4.69) is 38.3 Å². The predicted octanol–water partition coefficient (Wildman–Crippen LogP) is 5.47. The molecule has 1 aromatic carbocycles. The van der Waals surface area contributed by atoms with Crippen LogP contribution >= 0.6 is 23.1 Å². The number of nitriles is 1. The van der Waals surface area contributed by atoms with Gasteiger partial charge in [0.15, 0.2) is 5.16 Å². The van der Waals surface area contributed by atoms with Gasteiger partial charge in [-0.2, -0.15) is 5.26 Å². The lowest BCUT2D eigenvalue weighted by atomic mass is 9.95. The summed E-state index contributed by atoms with van der Waals surface area (Å²) in [7, 11) is 0. The monoisotopic (exact) mass is 465 g/mol. The van der Waals surface area contributed by atoms with E-state index in [-0.39, 0.29) is 11.7 Å². The van der Waals surface area contributed by atoms with Crippen LogP contribution in [0.15, 0.2) is 53.0 Å². The van der Waals surface area contributed by atoms with Gasteiger partial charge in [0.2, 0.25) is 5.91 Å². The fourth-order valence-electron chi connectivity index (χ4n) is 4.17. The smallest absolute Gasteiger partial charge is 0.237 e. The summed E-state index contributed by atoms with van der Waals surface area (Å²) in [6, 6.07) is 16.3. The minimum atomic E-state index is -0.0190. The molecule has 6 nitrogen and oxygen atoms in total. The Kier molecular flexibility index (Phi) is 7.97.